The summed E-state index contributed by atoms with van der Waals surface area (Å²) in [5.41, 5.74) is 8.47. The first-order valence-corrected chi connectivity index (χ1v) is 8.46. The molecule has 0 fully saturated rings. The van der Waals surface area contributed by atoms with Crippen LogP contribution in [-0.2, 0) is 17.6 Å². The molecular weight excluding hydrogens is 278 g/mol. The second-order valence-corrected chi connectivity index (χ2v) is 5.41. The van der Waals surface area contributed by atoms with E-state index < -0.39 is 0 Å². The van der Waals surface area contributed by atoms with Gasteiger partial charge in [0.25, 0.3) is 0 Å². The van der Waals surface area contributed by atoms with Gasteiger partial charge in [-0.1, -0.05) is 13.8 Å². The van der Waals surface area contributed by atoms with E-state index in [0.29, 0.717) is 12.3 Å². The largest absolute Gasteiger partial charge is 0.461 e. The van der Waals surface area contributed by atoms with Crippen molar-refractivity contribution in [3.63, 3.8) is 0 Å². The van der Waals surface area contributed by atoms with Crippen LogP contribution in [0.15, 0.2) is 6.20 Å². The minimum atomic E-state index is -0.212. The lowest BCUT2D eigenvalue weighted by molar-refractivity contribution is 0.0519. The molecule has 0 unspecified atom stereocenters. The van der Waals surface area contributed by atoms with Crippen LogP contribution in [0.5, 0.6) is 0 Å². The second-order valence-electron chi connectivity index (χ2n) is 5.41. The number of ether oxygens (including phenoxy) is 1. The molecule has 0 spiro atoms. The van der Waals surface area contributed by atoms with Gasteiger partial charge in [0.05, 0.1) is 6.61 Å². The molecule has 2 rings (SSSR count). The van der Waals surface area contributed by atoms with Crippen LogP contribution in [0.4, 0.5) is 0 Å². The highest BCUT2D eigenvalue weighted by molar-refractivity contribution is 5.89. The van der Waals surface area contributed by atoms with E-state index in [1.807, 2.05) is 13.1 Å². The third-order valence-corrected chi connectivity index (χ3v) is 4.02. The molecule has 0 amide bonds. The molecule has 0 aliphatic heterocycles. The predicted molar refractivity (Wildman–Crippen MR) is 90.2 cm³/mol. The number of hydrogen-bond acceptors (Lipinski definition) is 4. The van der Waals surface area contributed by atoms with Crippen LogP contribution in [0.25, 0.3) is 0 Å². The summed E-state index contributed by atoms with van der Waals surface area (Å²) in [5, 5.41) is 0. The van der Waals surface area contributed by atoms with E-state index in [2.05, 4.69) is 23.7 Å². The standard InChI is InChI=1S/C11H15NO2.C6H16N2/c1-2-14-11(13)10-9-6-4-3-5-8(9)7-12-10;1-3-8(4-2)6-5-7/h7,12H,2-6H2,1H3;3-7H2,1-2H3. The van der Waals surface area contributed by atoms with E-state index >= 15 is 0 Å². The van der Waals surface area contributed by atoms with E-state index in [1.54, 1.807) is 0 Å². The van der Waals surface area contributed by atoms with Gasteiger partial charge >= 0.3 is 5.97 Å². The molecule has 5 heteroatoms. The Labute approximate surface area is 134 Å². The van der Waals surface area contributed by atoms with Crippen LogP contribution in [0, 0.1) is 0 Å². The van der Waals surface area contributed by atoms with Crippen LogP contribution >= 0.6 is 0 Å². The zero-order valence-electron chi connectivity index (χ0n) is 14.3. The molecule has 0 aromatic carbocycles. The molecule has 0 atom stereocenters. The highest BCUT2D eigenvalue weighted by Gasteiger charge is 2.20. The van der Waals surface area contributed by atoms with Gasteiger partial charge in [0, 0.05) is 19.3 Å². The van der Waals surface area contributed by atoms with E-state index in [-0.39, 0.29) is 5.97 Å². The van der Waals surface area contributed by atoms with Gasteiger partial charge in [-0.25, -0.2) is 4.79 Å². The summed E-state index contributed by atoms with van der Waals surface area (Å²) >= 11 is 0. The number of nitrogens with zero attached hydrogens (tertiary/aromatic N) is 1. The maximum absolute atomic E-state index is 11.5. The van der Waals surface area contributed by atoms with Gasteiger partial charge in [0.1, 0.15) is 5.69 Å². The number of fused-ring (bicyclic) bond motifs is 1. The molecule has 0 bridgehead atoms. The van der Waals surface area contributed by atoms with Gasteiger partial charge in [-0.2, -0.15) is 0 Å². The number of likely N-dealkylation sites (N-methyl/N-ethyl adjacent to an activating group) is 1. The van der Waals surface area contributed by atoms with Crippen LogP contribution < -0.4 is 5.73 Å². The fourth-order valence-corrected chi connectivity index (χ4v) is 2.73. The predicted octanol–water partition coefficient (Wildman–Crippen LogP) is 2.36. The highest BCUT2D eigenvalue weighted by atomic mass is 16.5. The van der Waals surface area contributed by atoms with Crippen molar-refractivity contribution in [2.24, 2.45) is 5.73 Å². The van der Waals surface area contributed by atoms with Crippen molar-refractivity contribution < 1.29 is 9.53 Å². The van der Waals surface area contributed by atoms with Gasteiger partial charge < -0.3 is 20.4 Å². The fraction of sp³-hybridized carbons (Fsp3) is 0.706. The third kappa shape index (κ3) is 5.46. The zero-order chi connectivity index (χ0) is 16.4. The van der Waals surface area contributed by atoms with Gasteiger partial charge in [-0.15, -0.1) is 0 Å². The Morgan fingerprint density at radius 3 is 2.50 bits per heavy atom. The number of nitrogens with two attached hydrogens (primary N) is 1. The summed E-state index contributed by atoms with van der Waals surface area (Å²) < 4.78 is 4.98. The Hall–Kier alpha value is -1.33. The Bertz CT molecular complexity index is 439. The Morgan fingerprint density at radius 2 is 1.95 bits per heavy atom. The lowest BCUT2D eigenvalue weighted by Gasteiger charge is -2.15. The van der Waals surface area contributed by atoms with E-state index in [1.165, 1.54) is 24.0 Å². The van der Waals surface area contributed by atoms with Crippen molar-refractivity contribution in [3.05, 3.63) is 23.0 Å². The smallest absolute Gasteiger partial charge is 0.355 e. The number of rotatable bonds is 6. The maximum atomic E-state index is 11.5. The molecule has 126 valence electrons. The number of aryl methyl sites for hydroxylation is 1. The van der Waals surface area contributed by atoms with E-state index in [4.69, 9.17) is 10.5 Å². The number of aromatic nitrogens is 1. The molecule has 0 radical (unpaired) electrons. The number of esters is 1. The summed E-state index contributed by atoms with van der Waals surface area (Å²) in [4.78, 5) is 16.9. The topological polar surface area (TPSA) is 71.3 Å². The number of H-pyrrole nitrogens is 1. The van der Waals surface area contributed by atoms with Crippen molar-refractivity contribution in [1.82, 2.24) is 9.88 Å². The van der Waals surface area contributed by atoms with Crippen molar-refractivity contribution in [2.75, 3.05) is 32.8 Å². The Balaban J connectivity index is 0.000000261. The molecule has 0 saturated carbocycles. The molecule has 22 heavy (non-hydrogen) atoms. The SMILES string of the molecule is CCN(CC)CCN.CCOC(=O)c1[nH]cc2c1CCCC2. The molecule has 1 aromatic rings. The fourth-order valence-electron chi connectivity index (χ4n) is 2.73. The highest BCUT2D eigenvalue weighted by Crippen LogP contribution is 2.24. The number of carbonyl (C=O) groups is 1. The molecule has 1 heterocycles. The van der Waals surface area contributed by atoms with Crippen molar-refractivity contribution in [1.29, 1.82) is 0 Å². The average Bonchev–Trinajstić information content (AvgIpc) is 2.97. The summed E-state index contributed by atoms with van der Waals surface area (Å²) in [6.07, 6.45) is 6.45. The summed E-state index contributed by atoms with van der Waals surface area (Å²) in [5.74, 6) is -0.212. The summed E-state index contributed by atoms with van der Waals surface area (Å²) in [6.45, 7) is 10.6. The minimum absolute atomic E-state index is 0.212. The van der Waals surface area contributed by atoms with E-state index in [0.717, 1.165) is 39.0 Å². The molecule has 5 nitrogen and oxygen atoms in total. The first-order chi connectivity index (χ1) is 10.7. The lowest BCUT2D eigenvalue weighted by atomic mass is 9.94. The number of carbonyl (C=O) groups excluding carboxylic acids is 1. The zero-order valence-corrected chi connectivity index (χ0v) is 14.3. The quantitative estimate of drug-likeness (QED) is 0.791. The number of hydrogen-bond donors (Lipinski definition) is 2. The van der Waals surface area contributed by atoms with Gasteiger partial charge in [-0.3, -0.25) is 0 Å². The third-order valence-electron chi connectivity index (χ3n) is 4.02. The Morgan fingerprint density at radius 1 is 1.27 bits per heavy atom. The monoisotopic (exact) mass is 309 g/mol. The maximum Gasteiger partial charge on any atom is 0.355 e. The molecule has 1 aliphatic carbocycles. The number of nitrogens with one attached hydrogen (secondary N) is 1. The average molecular weight is 309 g/mol. The van der Waals surface area contributed by atoms with Gasteiger partial charge in [-0.05, 0) is 56.8 Å². The van der Waals surface area contributed by atoms with Crippen molar-refractivity contribution in [3.8, 4) is 0 Å². The molecule has 0 saturated heterocycles. The first kappa shape index (κ1) is 18.7. The minimum Gasteiger partial charge on any atom is -0.461 e. The number of aromatic amines is 1. The van der Waals surface area contributed by atoms with Gasteiger partial charge in [0.2, 0.25) is 0 Å². The normalized spacial score (nSPS) is 13.3. The lowest BCUT2D eigenvalue weighted by Crippen LogP contribution is -2.28. The van der Waals surface area contributed by atoms with Crippen LogP contribution in [0.3, 0.4) is 0 Å². The van der Waals surface area contributed by atoms with Crippen molar-refractivity contribution in [2.45, 2.75) is 46.5 Å². The second kappa shape index (κ2) is 10.4. The Kier molecular flexibility index (Phi) is 8.85. The van der Waals surface area contributed by atoms with Crippen LogP contribution in [0.2, 0.25) is 0 Å². The summed E-state index contributed by atoms with van der Waals surface area (Å²) in [7, 11) is 0. The molecule has 3 N–H and O–H groups in total. The summed E-state index contributed by atoms with van der Waals surface area (Å²) in [6, 6.07) is 0. The van der Waals surface area contributed by atoms with Crippen molar-refractivity contribution >= 4 is 5.97 Å². The first-order valence-electron chi connectivity index (χ1n) is 8.46. The molecular formula is C17H31N3O2. The van der Waals surface area contributed by atoms with Crippen LogP contribution in [0.1, 0.15) is 55.2 Å². The van der Waals surface area contributed by atoms with Crippen LogP contribution in [-0.4, -0.2) is 48.6 Å². The molecule has 1 aliphatic rings. The van der Waals surface area contributed by atoms with Gasteiger partial charge in [0.15, 0.2) is 0 Å². The molecule has 1 aromatic heterocycles. The van der Waals surface area contributed by atoms with E-state index in [9.17, 15) is 4.79 Å².